The lowest BCUT2D eigenvalue weighted by Gasteiger charge is -2.10. The molecule has 4 nitrogen and oxygen atoms in total. The molecule has 15 heavy (non-hydrogen) atoms. The van der Waals surface area contributed by atoms with Crippen LogP contribution in [0.15, 0.2) is 24.3 Å². The number of hydrogen-bond donors (Lipinski definition) is 2. The average Bonchev–Trinajstić information content (AvgIpc) is 2.27. The van der Waals surface area contributed by atoms with Gasteiger partial charge < -0.3 is 14.8 Å². The Hall–Kier alpha value is -1.33. The molecule has 1 aromatic carbocycles. The number of carbonyl (C=O) groups is 1. The maximum atomic E-state index is 11.2. The molecule has 5 heteroatoms. The van der Waals surface area contributed by atoms with Crippen LogP contribution in [-0.2, 0) is 9.53 Å². The van der Waals surface area contributed by atoms with Gasteiger partial charge in [-0.25, -0.2) is 0 Å². The Labute approximate surface area is 88.6 Å². The molecule has 0 aliphatic carbocycles. The molecule has 0 bridgehead atoms. The number of hydrogen-bond acceptors (Lipinski definition) is 4. The maximum absolute atomic E-state index is 11.2. The minimum atomic E-state index is -1.52. The molecular formula is C10H13BO4. The van der Waals surface area contributed by atoms with E-state index in [0.717, 1.165) is 0 Å². The van der Waals surface area contributed by atoms with Crippen LogP contribution in [0.3, 0.4) is 0 Å². The lowest BCUT2D eigenvalue weighted by atomic mass is 9.78. The second kappa shape index (κ2) is 4.95. The zero-order chi connectivity index (χ0) is 11.4. The molecule has 1 aromatic rings. The van der Waals surface area contributed by atoms with Crippen molar-refractivity contribution < 1.29 is 19.6 Å². The highest BCUT2D eigenvalue weighted by Crippen LogP contribution is 2.14. The van der Waals surface area contributed by atoms with Crippen LogP contribution in [0.4, 0.5) is 0 Å². The molecule has 0 spiro atoms. The Balaban J connectivity index is 2.95. The highest BCUT2D eigenvalue weighted by molar-refractivity contribution is 6.58. The van der Waals surface area contributed by atoms with Crippen molar-refractivity contribution in [1.82, 2.24) is 0 Å². The number of methoxy groups -OCH3 is 1. The zero-order valence-electron chi connectivity index (χ0n) is 8.68. The van der Waals surface area contributed by atoms with Gasteiger partial charge in [-0.15, -0.1) is 0 Å². The third-order valence-electron chi connectivity index (χ3n) is 2.26. The van der Waals surface area contributed by atoms with Crippen molar-refractivity contribution in [3.05, 3.63) is 29.8 Å². The summed E-state index contributed by atoms with van der Waals surface area (Å²) >= 11 is 0. The van der Waals surface area contributed by atoms with Crippen LogP contribution in [0.25, 0.3) is 0 Å². The summed E-state index contributed by atoms with van der Waals surface area (Å²) in [5.41, 5.74) is 1.07. The van der Waals surface area contributed by atoms with Gasteiger partial charge in [0.1, 0.15) is 0 Å². The van der Waals surface area contributed by atoms with Gasteiger partial charge >= 0.3 is 13.1 Å². The zero-order valence-corrected chi connectivity index (χ0v) is 8.68. The lowest BCUT2D eigenvalue weighted by Crippen LogP contribution is -2.30. The molecule has 0 heterocycles. The van der Waals surface area contributed by atoms with Crippen LogP contribution in [0.2, 0.25) is 0 Å². The van der Waals surface area contributed by atoms with Gasteiger partial charge in [0, 0.05) is 0 Å². The fourth-order valence-corrected chi connectivity index (χ4v) is 1.30. The standard InChI is InChI=1S/C10H13BO4/c1-7(10(12)15-2)8-4-3-5-9(6-8)11(13)14/h3-7,13-14H,1-2H3. The van der Waals surface area contributed by atoms with E-state index in [0.29, 0.717) is 11.0 Å². The fourth-order valence-electron chi connectivity index (χ4n) is 1.30. The van der Waals surface area contributed by atoms with Gasteiger partial charge in [-0.05, 0) is 17.9 Å². The van der Waals surface area contributed by atoms with E-state index < -0.39 is 13.0 Å². The highest BCUT2D eigenvalue weighted by Gasteiger charge is 2.18. The fraction of sp³-hybridized carbons (Fsp3) is 0.300. The van der Waals surface area contributed by atoms with Crippen LogP contribution in [-0.4, -0.2) is 30.2 Å². The summed E-state index contributed by atoms with van der Waals surface area (Å²) in [6.45, 7) is 1.70. The van der Waals surface area contributed by atoms with E-state index >= 15 is 0 Å². The number of rotatable bonds is 3. The highest BCUT2D eigenvalue weighted by atomic mass is 16.5. The van der Waals surface area contributed by atoms with Gasteiger partial charge in [0.05, 0.1) is 13.0 Å². The average molecular weight is 208 g/mol. The molecule has 80 valence electrons. The number of benzene rings is 1. The molecule has 0 aliphatic heterocycles. The summed E-state index contributed by atoms with van der Waals surface area (Å²) in [4.78, 5) is 11.2. The van der Waals surface area contributed by atoms with Gasteiger partial charge in [0.15, 0.2) is 0 Å². The van der Waals surface area contributed by atoms with Crippen molar-refractivity contribution in [1.29, 1.82) is 0 Å². The molecule has 1 atom stereocenters. The number of esters is 1. The predicted octanol–water partition coefficient (Wildman–Crippen LogP) is -0.357. The summed E-state index contributed by atoms with van der Waals surface area (Å²) in [6, 6.07) is 6.57. The van der Waals surface area contributed by atoms with E-state index in [1.165, 1.54) is 7.11 Å². The molecule has 0 fully saturated rings. The molecule has 2 N–H and O–H groups in total. The van der Waals surface area contributed by atoms with E-state index in [1.54, 1.807) is 31.2 Å². The second-order valence-electron chi connectivity index (χ2n) is 3.29. The van der Waals surface area contributed by atoms with Crippen LogP contribution < -0.4 is 5.46 Å². The predicted molar refractivity (Wildman–Crippen MR) is 56.7 cm³/mol. The molecule has 0 saturated heterocycles. The SMILES string of the molecule is COC(=O)C(C)c1cccc(B(O)O)c1. The van der Waals surface area contributed by atoms with Gasteiger partial charge in [0.2, 0.25) is 0 Å². The minimum absolute atomic E-state index is 0.348. The third-order valence-corrected chi connectivity index (χ3v) is 2.26. The summed E-state index contributed by atoms with van der Waals surface area (Å²) in [5, 5.41) is 17.9. The van der Waals surface area contributed by atoms with Gasteiger partial charge in [-0.1, -0.05) is 24.3 Å². The Morgan fingerprint density at radius 2 is 2.13 bits per heavy atom. The van der Waals surface area contributed by atoms with Crippen LogP contribution in [0.1, 0.15) is 18.4 Å². The molecule has 1 unspecified atom stereocenters. The number of ether oxygens (including phenoxy) is 1. The first-order valence-corrected chi connectivity index (χ1v) is 4.60. The summed E-state index contributed by atoms with van der Waals surface area (Å²) < 4.78 is 4.60. The molecule has 0 aromatic heterocycles. The van der Waals surface area contributed by atoms with Gasteiger partial charge in [-0.2, -0.15) is 0 Å². The van der Waals surface area contributed by atoms with Crippen LogP contribution in [0.5, 0.6) is 0 Å². The van der Waals surface area contributed by atoms with Crippen molar-refractivity contribution in [2.75, 3.05) is 7.11 Å². The molecule has 0 aliphatic rings. The Morgan fingerprint density at radius 3 is 2.67 bits per heavy atom. The smallest absolute Gasteiger partial charge is 0.469 e. The van der Waals surface area contributed by atoms with Gasteiger partial charge in [-0.3, -0.25) is 4.79 Å². The molecule has 1 rings (SSSR count). The summed E-state index contributed by atoms with van der Waals surface area (Å²) in [5.74, 6) is -0.756. The first-order chi connectivity index (χ1) is 7.06. The van der Waals surface area contributed by atoms with Crippen molar-refractivity contribution in [2.45, 2.75) is 12.8 Å². The second-order valence-corrected chi connectivity index (χ2v) is 3.29. The van der Waals surface area contributed by atoms with Gasteiger partial charge in [0.25, 0.3) is 0 Å². The number of carbonyl (C=O) groups excluding carboxylic acids is 1. The van der Waals surface area contributed by atoms with Crippen molar-refractivity contribution in [2.24, 2.45) is 0 Å². The Kier molecular flexibility index (Phi) is 3.88. The maximum Gasteiger partial charge on any atom is 0.488 e. The summed E-state index contributed by atoms with van der Waals surface area (Å²) in [6.07, 6.45) is 0. The first kappa shape index (κ1) is 11.7. The van der Waals surface area contributed by atoms with Crippen molar-refractivity contribution in [3.63, 3.8) is 0 Å². The van der Waals surface area contributed by atoms with E-state index in [-0.39, 0.29) is 5.97 Å². The Bertz CT molecular complexity index is 351. The van der Waals surface area contributed by atoms with Crippen molar-refractivity contribution in [3.8, 4) is 0 Å². The Morgan fingerprint density at radius 1 is 1.47 bits per heavy atom. The summed E-state index contributed by atoms with van der Waals surface area (Å²) in [7, 11) is -0.196. The van der Waals surface area contributed by atoms with Crippen LogP contribution in [0, 0.1) is 0 Å². The van der Waals surface area contributed by atoms with E-state index in [2.05, 4.69) is 4.74 Å². The van der Waals surface area contributed by atoms with Crippen molar-refractivity contribution >= 4 is 18.6 Å². The largest absolute Gasteiger partial charge is 0.488 e. The van der Waals surface area contributed by atoms with E-state index in [4.69, 9.17) is 10.0 Å². The quantitative estimate of drug-likeness (QED) is 0.526. The third kappa shape index (κ3) is 2.81. The molecule has 0 saturated carbocycles. The first-order valence-electron chi connectivity index (χ1n) is 4.60. The molecule has 0 amide bonds. The minimum Gasteiger partial charge on any atom is -0.469 e. The normalized spacial score (nSPS) is 12.0. The van der Waals surface area contributed by atoms with E-state index in [1.807, 2.05) is 0 Å². The molecular weight excluding hydrogens is 195 g/mol. The topological polar surface area (TPSA) is 66.8 Å². The lowest BCUT2D eigenvalue weighted by molar-refractivity contribution is -0.141. The molecule has 0 radical (unpaired) electrons. The van der Waals surface area contributed by atoms with Crippen LogP contribution >= 0.6 is 0 Å². The van der Waals surface area contributed by atoms with E-state index in [9.17, 15) is 4.79 Å². The monoisotopic (exact) mass is 208 g/mol.